The number of nitrogens with two attached hydrogens (primary N) is 1. The van der Waals surface area contributed by atoms with E-state index in [1.807, 2.05) is 4.68 Å². The highest BCUT2D eigenvalue weighted by molar-refractivity contribution is 5.50. The molecular weight excluding hydrogens is 236 g/mol. The number of nitrogens with zero attached hydrogens (tertiary/aromatic N) is 3. The normalized spacial score (nSPS) is 17.3. The van der Waals surface area contributed by atoms with Gasteiger partial charge in [-0.3, -0.25) is 4.68 Å². The Bertz CT molecular complexity index is 418. The van der Waals surface area contributed by atoms with Gasteiger partial charge in [-0.25, -0.2) is 0 Å². The van der Waals surface area contributed by atoms with E-state index in [9.17, 15) is 0 Å². The predicted octanol–water partition coefficient (Wildman–Crippen LogP) is 2.24. The van der Waals surface area contributed by atoms with Gasteiger partial charge < -0.3 is 10.6 Å². The van der Waals surface area contributed by atoms with Crippen molar-refractivity contribution in [2.24, 2.45) is 18.7 Å². The van der Waals surface area contributed by atoms with Crippen molar-refractivity contribution in [1.82, 2.24) is 9.78 Å². The van der Waals surface area contributed by atoms with Gasteiger partial charge in [-0.15, -0.1) is 0 Å². The van der Waals surface area contributed by atoms with Gasteiger partial charge in [-0.1, -0.05) is 6.42 Å². The molecule has 108 valence electrons. The molecule has 1 aliphatic carbocycles. The largest absolute Gasteiger partial charge is 0.357 e. The molecule has 0 aliphatic heterocycles. The molecule has 4 nitrogen and oxygen atoms in total. The first-order valence-corrected chi connectivity index (χ1v) is 7.55. The van der Waals surface area contributed by atoms with E-state index in [2.05, 4.69) is 37.8 Å². The standard InChI is InChI=1S/C15H28N4/c1-5-19(10-13-7-6-8-13)15-14(9-11(2)16)12(3)17-18(15)4/h11,13H,5-10,16H2,1-4H3. The lowest BCUT2D eigenvalue weighted by Gasteiger charge is -2.33. The zero-order valence-electron chi connectivity index (χ0n) is 12.8. The SMILES string of the molecule is CCN(CC1CCC1)c1c(CC(C)N)c(C)nn1C. The fourth-order valence-electron chi connectivity index (χ4n) is 3.00. The summed E-state index contributed by atoms with van der Waals surface area (Å²) < 4.78 is 2.04. The van der Waals surface area contributed by atoms with Crippen LogP contribution < -0.4 is 10.6 Å². The average molecular weight is 264 g/mol. The molecule has 1 unspecified atom stereocenters. The highest BCUT2D eigenvalue weighted by atomic mass is 15.4. The monoisotopic (exact) mass is 264 g/mol. The van der Waals surface area contributed by atoms with Crippen molar-refractivity contribution < 1.29 is 0 Å². The molecule has 2 rings (SSSR count). The van der Waals surface area contributed by atoms with Crippen LogP contribution in [0.25, 0.3) is 0 Å². The van der Waals surface area contributed by atoms with Crippen molar-refractivity contribution in [2.45, 2.75) is 52.5 Å². The third kappa shape index (κ3) is 3.11. The molecule has 1 aliphatic rings. The zero-order valence-corrected chi connectivity index (χ0v) is 12.8. The summed E-state index contributed by atoms with van der Waals surface area (Å²) in [5.74, 6) is 2.16. The summed E-state index contributed by atoms with van der Waals surface area (Å²) in [6.07, 6.45) is 5.08. The Hall–Kier alpha value is -1.03. The minimum absolute atomic E-state index is 0.184. The molecule has 1 fully saturated rings. The average Bonchev–Trinajstić information content (AvgIpc) is 2.54. The zero-order chi connectivity index (χ0) is 14.0. The maximum absolute atomic E-state index is 6.00. The van der Waals surface area contributed by atoms with Crippen molar-refractivity contribution in [3.63, 3.8) is 0 Å². The van der Waals surface area contributed by atoms with Gasteiger partial charge in [-0.05, 0) is 46.0 Å². The third-order valence-corrected chi connectivity index (χ3v) is 4.22. The van der Waals surface area contributed by atoms with Gasteiger partial charge >= 0.3 is 0 Å². The van der Waals surface area contributed by atoms with Gasteiger partial charge in [0.1, 0.15) is 5.82 Å². The number of anilines is 1. The van der Waals surface area contributed by atoms with Gasteiger partial charge in [0.05, 0.1) is 5.69 Å². The van der Waals surface area contributed by atoms with E-state index in [0.717, 1.165) is 24.6 Å². The number of aromatic nitrogens is 2. The summed E-state index contributed by atoms with van der Waals surface area (Å²) in [7, 11) is 2.05. The molecule has 0 amide bonds. The van der Waals surface area contributed by atoms with Crippen LogP contribution >= 0.6 is 0 Å². The van der Waals surface area contributed by atoms with Gasteiger partial charge in [-0.2, -0.15) is 5.10 Å². The highest BCUT2D eigenvalue weighted by Crippen LogP contribution is 2.31. The Morgan fingerprint density at radius 3 is 2.63 bits per heavy atom. The predicted molar refractivity (Wildman–Crippen MR) is 80.5 cm³/mol. The number of hydrogen-bond donors (Lipinski definition) is 1. The molecule has 0 aromatic carbocycles. The second-order valence-corrected chi connectivity index (χ2v) is 6.03. The fourth-order valence-corrected chi connectivity index (χ4v) is 3.00. The molecule has 0 spiro atoms. The molecule has 0 saturated heterocycles. The first-order valence-electron chi connectivity index (χ1n) is 7.55. The van der Waals surface area contributed by atoms with E-state index in [1.165, 1.54) is 37.2 Å². The van der Waals surface area contributed by atoms with Crippen molar-refractivity contribution in [3.8, 4) is 0 Å². The third-order valence-electron chi connectivity index (χ3n) is 4.22. The minimum Gasteiger partial charge on any atom is -0.357 e. The van der Waals surface area contributed by atoms with Crippen LogP contribution in [-0.2, 0) is 13.5 Å². The number of hydrogen-bond acceptors (Lipinski definition) is 3. The Morgan fingerprint density at radius 1 is 1.47 bits per heavy atom. The quantitative estimate of drug-likeness (QED) is 0.857. The van der Waals surface area contributed by atoms with E-state index >= 15 is 0 Å². The van der Waals surface area contributed by atoms with Crippen molar-refractivity contribution >= 4 is 5.82 Å². The summed E-state index contributed by atoms with van der Waals surface area (Å²) in [6.45, 7) is 8.61. The molecule has 0 radical (unpaired) electrons. The Kier molecular flexibility index (Phi) is 4.50. The maximum atomic E-state index is 6.00. The van der Waals surface area contributed by atoms with E-state index in [1.54, 1.807) is 0 Å². The molecule has 1 saturated carbocycles. The van der Waals surface area contributed by atoms with E-state index in [0.29, 0.717) is 0 Å². The van der Waals surface area contributed by atoms with E-state index in [4.69, 9.17) is 5.73 Å². The lowest BCUT2D eigenvalue weighted by atomic mass is 9.85. The lowest BCUT2D eigenvalue weighted by Crippen LogP contribution is -2.34. The summed E-state index contributed by atoms with van der Waals surface area (Å²) in [5, 5.41) is 4.60. The molecule has 1 atom stereocenters. The molecule has 0 bridgehead atoms. The number of aryl methyl sites for hydroxylation is 2. The lowest BCUT2D eigenvalue weighted by molar-refractivity contribution is 0.317. The van der Waals surface area contributed by atoms with E-state index < -0.39 is 0 Å². The van der Waals surface area contributed by atoms with Crippen LogP contribution in [0.4, 0.5) is 5.82 Å². The van der Waals surface area contributed by atoms with Gasteiger partial charge in [0.15, 0.2) is 0 Å². The second-order valence-electron chi connectivity index (χ2n) is 6.03. The van der Waals surface area contributed by atoms with Crippen LogP contribution in [0.1, 0.15) is 44.4 Å². The molecule has 1 aromatic rings. The Morgan fingerprint density at radius 2 is 2.16 bits per heavy atom. The molecular formula is C15H28N4. The Balaban J connectivity index is 2.23. The molecule has 1 heterocycles. The van der Waals surface area contributed by atoms with Gasteiger partial charge in [0.25, 0.3) is 0 Å². The van der Waals surface area contributed by atoms with Gasteiger partial charge in [0.2, 0.25) is 0 Å². The van der Waals surface area contributed by atoms with Crippen molar-refractivity contribution in [2.75, 3.05) is 18.0 Å². The van der Waals surface area contributed by atoms with Crippen LogP contribution in [0.2, 0.25) is 0 Å². The fraction of sp³-hybridized carbons (Fsp3) is 0.800. The first kappa shape index (κ1) is 14.4. The summed E-state index contributed by atoms with van der Waals surface area (Å²) in [4.78, 5) is 2.49. The summed E-state index contributed by atoms with van der Waals surface area (Å²) in [5.41, 5.74) is 8.45. The first-order chi connectivity index (χ1) is 9.02. The molecule has 19 heavy (non-hydrogen) atoms. The second kappa shape index (κ2) is 5.95. The maximum Gasteiger partial charge on any atom is 0.130 e. The van der Waals surface area contributed by atoms with Crippen LogP contribution in [0.3, 0.4) is 0 Å². The van der Waals surface area contributed by atoms with Crippen LogP contribution in [-0.4, -0.2) is 28.9 Å². The topological polar surface area (TPSA) is 47.1 Å². The van der Waals surface area contributed by atoms with Crippen LogP contribution in [0, 0.1) is 12.8 Å². The molecule has 1 aromatic heterocycles. The van der Waals surface area contributed by atoms with Crippen LogP contribution in [0.15, 0.2) is 0 Å². The number of rotatable bonds is 6. The van der Waals surface area contributed by atoms with E-state index in [-0.39, 0.29) is 6.04 Å². The van der Waals surface area contributed by atoms with Crippen molar-refractivity contribution in [3.05, 3.63) is 11.3 Å². The Labute approximate surface area is 117 Å². The van der Waals surface area contributed by atoms with Crippen molar-refractivity contribution in [1.29, 1.82) is 0 Å². The highest BCUT2D eigenvalue weighted by Gasteiger charge is 2.24. The smallest absolute Gasteiger partial charge is 0.130 e. The molecule has 2 N–H and O–H groups in total. The summed E-state index contributed by atoms with van der Waals surface area (Å²) >= 11 is 0. The molecule has 4 heteroatoms. The minimum atomic E-state index is 0.184. The van der Waals surface area contributed by atoms with Gasteiger partial charge in [0, 0.05) is 31.7 Å². The summed E-state index contributed by atoms with van der Waals surface area (Å²) in [6, 6.07) is 0.184. The van der Waals surface area contributed by atoms with Crippen LogP contribution in [0.5, 0.6) is 0 Å².